The molecule has 0 radical (unpaired) electrons. The maximum Gasteiger partial charge on any atom is 0.387 e. The Morgan fingerprint density at radius 3 is 2.68 bits per heavy atom. The van der Waals surface area contributed by atoms with E-state index in [9.17, 15) is 22.8 Å². The van der Waals surface area contributed by atoms with Gasteiger partial charge in [0, 0.05) is 42.2 Å². The number of hydrogen-bond acceptors (Lipinski definition) is 4. The average molecular weight is 553 g/mol. The highest BCUT2D eigenvalue weighted by molar-refractivity contribution is 6.42. The fourth-order valence-corrected chi connectivity index (χ4v) is 5.07. The zero-order chi connectivity index (χ0) is 26.4. The van der Waals surface area contributed by atoms with E-state index in [1.54, 1.807) is 21.7 Å². The number of alkyl halides is 2. The molecule has 3 aromatic rings. The van der Waals surface area contributed by atoms with Crippen LogP contribution in [-0.4, -0.2) is 50.6 Å². The Balaban J connectivity index is 1.42. The minimum absolute atomic E-state index is 0.124. The van der Waals surface area contributed by atoms with Crippen molar-refractivity contribution in [3.8, 4) is 5.75 Å². The molecule has 0 unspecified atom stereocenters. The number of ether oxygens (including phenoxy) is 1. The highest BCUT2D eigenvalue weighted by Gasteiger charge is 2.37. The van der Waals surface area contributed by atoms with Crippen molar-refractivity contribution in [2.45, 2.75) is 45.6 Å². The molecule has 0 aliphatic carbocycles. The maximum atomic E-state index is 13.9. The van der Waals surface area contributed by atoms with Crippen LogP contribution in [0.1, 0.15) is 44.6 Å². The zero-order valence-corrected chi connectivity index (χ0v) is 21.1. The van der Waals surface area contributed by atoms with Crippen molar-refractivity contribution in [2.75, 3.05) is 6.54 Å². The largest absolute Gasteiger partial charge is 0.434 e. The van der Waals surface area contributed by atoms with Crippen molar-refractivity contribution in [1.82, 2.24) is 19.6 Å². The quantitative estimate of drug-likeness (QED) is 0.437. The number of halogens is 5. The Morgan fingerprint density at radius 2 is 1.95 bits per heavy atom. The van der Waals surface area contributed by atoms with Crippen LogP contribution in [0.25, 0.3) is 0 Å². The second-order valence-corrected chi connectivity index (χ2v) is 9.78. The molecule has 37 heavy (non-hydrogen) atoms. The molecular weight excluding hydrogens is 532 g/mol. The van der Waals surface area contributed by atoms with Crippen molar-refractivity contribution in [1.29, 1.82) is 0 Å². The molecule has 7 nitrogen and oxygen atoms in total. The molecule has 5 rings (SSSR count). The molecular formula is C25H21Cl2F3N4O3. The molecule has 2 amide bonds. The number of carbonyl (C=O) groups is 2. The van der Waals surface area contributed by atoms with E-state index < -0.39 is 12.4 Å². The van der Waals surface area contributed by atoms with Crippen molar-refractivity contribution in [3.05, 3.63) is 80.3 Å². The van der Waals surface area contributed by atoms with Crippen LogP contribution in [0.5, 0.6) is 5.75 Å². The second-order valence-electron chi connectivity index (χ2n) is 8.97. The molecule has 0 N–H and O–H groups in total. The number of amides is 2. The van der Waals surface area contributed by atoms with E-state index in [0.717, 1.165) is 23.9 Å². The molecule has 1 atom stereocenters. The summed E-state index contributed by atoms with van der Waals surface area (Å²) in [6.45, 7) is -0.539. The summed E-state index contributed by atoms with van der Waals surface area (Å²) in [7, 11) is 0. The summed E-state index contributed by atoms with van der Waals surface area (Å²) in [5, 5.41) is 5.21. The third kappa shape index (κ3) is 4.87. The summed E-state index contributed by atoms with van der Waals surface area (Å²) < 4.78 is 45.7. The SMILES string of the molecule is C[C@@H]1Cc2nn3c(c2CN1C(=O)c1ccc(Cl)c(Cl)c1)C(=O)N(Cc1cc(F)ccc1OC(F)F)CC3. The van der Waals surface area contributed by atoms with Crippen LogP contribution in [0.3, 0.4) is 0 Å². The van der Waals surface area contributed by atoms with E-state index in [0.29, 0.717) is 34.8 Å². The molecule has 0 saturated heterocycles. The first-order valence-corrected chi connectivity index (χ1v) is 12.2. The number of hydrogen-bond donors (Lipinski definition) is 0. The van der Waals surface area contributed by atoms with E-state index in [1.807, 2.05) is 6.92 Å². The van der Waals surface area contributed by atoms with Gasteiger partial charge in [-0.1, -0.05) is 23.2 Å². The standard InChI is InChI=1S/C25H21Cl2F3N4O3/c1-13-8-20-17(12-33(13)23(35)14-2-4-18(26)19(27)10-14)22-24(36)32(6-7-34(22)31-20)11-15-9-16(28)3-5-21(15)37-25(29)30/h2-5,9-10,13,25H,6-8,11-12H2,1H3/t13-/m1/s1. The van der Waals surface area contributed by atoms with Gasteiger partial charge in [0.2, 0.25) is 0 Å². The highest BCUT2D eigenvalue weighted by atomic mass is 35.5. The number of carbonyl (C=O) groups excluding carboxylic acids is 2. The molecule has 1 aromatic heterocycles. The molecule has 194 valence electrons. The van der Waals surface area contributed by atoms with Crippen molar-refractivity contribution < 1.29 is 27.5 Å². The molecule has 2 aliphatic rings. The fourth-order valence-electron chi connectivity index (χ4n) is 4.77. The van der Waals surface area contributed by atoms with E-state index in [4.69, 9.17) is 23.2 Å². The third-order valence-corrected chi connectivity index (χ3v) is 7.32. The lowest BCUT2D eigenvalue weighted by atomic mass is 9.97. The summed E-state index contributed by atoms with van der Waals surface area (Å²) in [6, 6.07) is 7.68. The van der Waals surface area contributed by atoms with Gasteiger partial charge < -0.3 is 14.5 Å². The first kappa shape index (κ1) is 25.4. The van der Waals surface area contributed by atoms with Crippen LogP contribution in [-0.2, 0) is 26.1 Å². The molecule has 3 heterocycles. The number of nitrogens with zero attached hydrogens (tertiary/aromatic N) is 4. The molecule has 0 bridgehead atoms. The lowest BCUT2D eigenvalue weighted by Gasteiger charge is -2.34. The van der Waals surface area contributed by atoms with E-state index in [-0.39, 0.29) is 53.8 Å². The molecule has 12 heteroatoms. The van der Waals surface area contributed by atoms with Gasteiger partial charge >= 0.3 is 6.61 Å². The van der Waals surface area contributed by atoms with Crippen molar-refractivity contribution in [2.24, 2.45) is 0 Å². The van der Waals surface area contributed by atoms with E-state index in [2.05, 4.69) is 9.84 Å². The van der Waals surface area contributed by atoms with Crippen LogP contribution in [0.4, 0.5) is 13.2 Å². The van der Waals surface area contributed by atoms with Crippen LogP contribution in [0, 0.1) is 5.82 Å². The average Bonchev–Trinajstić information content (AvgIpc) is 3.21. The van der Waals surface area contributed by atoms with Gasteiger partial charge in [-0.15, -0.1) is 0 Å². The number of rotatable bonds is 5. The van der Waals surface area contributed by atoms with Gasteiger partial charge in [-0.25, -0.2) is 4.39 Å². The molecule has 2 aliphatic heterocycles. The summed E-state index contributed by atoms with van der Waals surface area (Å²) in [5.41, 5.74) is 2.18. The smallest absolute Gasteiger partial charge is 0.387 e. The maximum absolute atomic E-state index is 13.9. The Kier molecular flexibility index (Phi) is 6.80. The Hall–Kier alpha value is -3.24. The van der Waals surface area contributed by atoms with Crippen molar-refractivity contribution in [3.63, 3.8) is 0 Å². The Bertz CT molecular complexity index is 1400. The third-order valence-electron chi connectivity index (χ3n) is 6.58. The first-order valence-electron chi connectivity index (χ1n) is 11.5. The summed E-state index contributed by atoms with van der Waals surface area (Å²) in [6.07, 6.45) is 0.450. The summed E-state index contributed by atoms with van der Waals surface area (Å²) >= 11 is 12.1. The minimum Gasteiger partial charge on any atom is -0.434 e. The second kappa shape index (κ2) is 9.90. The summed E-state index contributed by atoms with van der Waals surface area (Å²) in [4.78, 5) is 29.9. The van der Waals surface area contributed by atoms with Crippen molar-refractivity contribution >= 4 is 35.0 Å². The predicted molar refractivity (Wildman–Crippen MR) is 130 cm³/mol. The van der Waals surface area contributed by atoms with Gasteiger partial charge in [-0.05, 0) is 43.3 Å². The Labute approximate surface area is 220 Å². The van der Waals surface area contributed by atoms with E-state index in [1.165, 1.54) is 11.0 Å². The number of aromatic nitrogens is 2. The van der Waals surface area contributed by atoms with Gasteiger partial charge in [0.25, 0.3) is 11.8 Å². The monoisotopic (exact) mass is 552 g/mol. The molecule has 0 saturated carbocycles. The van der Waals surface area contributed by atoms with Gasteiger partial charge in [0.05, 0.1) is 28.8 Å². The van der Waals surface area contributed by atoms with Gasteiger partial charge in [0.15, 0.2) is 0 Å². The van der Waals surface area contributed by atoms with Gasteiger partial charge in [-0.2, -0.15) is 13.9 Å². The first-order chi connectivity index (χ1) is 17.6. The lowest BCUT2D eigenvalue weighted by molar-refractivity contribution is -0.0507. The highest BCUT2D eigenvalue weighted by Crippen LogP contribution is 2.32. The van der Waals surface area contributed by atoms with Crippen LogP contribution < -0.4 is 4.74 Å². The zero-order valence-electron chi connectivity index (χ0n) is 19.6. The van der Waals surface area contributed by atoms with Crippen LogP contribution in [0.15, 0.2) is 36.4 Å². The normalized spacial score (nSPS) is 17.2. The number of fused-ring (bicyclic) bond motifs is 3. The summed E-state index contributed by atoms with van der Waals surface area (Å²) in [5.74, 6) is -1.47. The van der Waals surface area contributed by atoms with Gasteiger partial charge in [0.1, 0.15) is 17.3 Å². The molecule has 2 aromatic carbocycles. The van der Waals surface area contributed by atoms with Crippen LogP contribution >= 0.6 is 23.2 Å². The molecule has 0 fully saturated rings. The van der Waals surface area contributed by atoms with Crippen LogP contribution in [0.2, 0.25) is 10.0 Å². The predicted octanol–water partition coefficient (Wildman–Crippen LogP) is 5.17. The molecule has 0 spiro atoms. The topological polar surface area (TPSA) is 67.7 Å². The van der Waals surface area contributed by atoms with Gasteiger partial charge in [-0.3, -0.25) is 14.3 Å². The minimum atomic E-state index is -3.09. The van der Waals surface area contributed by atoms with E-state index >= 15 is 0 Å². The number of benzene rings is 2. The Morgan fingerprint density at radius 1 is 1.16 bits per heavy atom. The lowest BCUT2D eigenvalue weighted by Crippen LogP contribution is -2.44. The fraction of sp³-hybridized carbons (Fsp3) is 0.320.